The molecular weight excluding hydrogens is 372 g/mol. The van der Waals surface area contributed by atoms with Gasteiger partial charge in [-0.05, 0) is 24.6 Å². The third kappa shape index (κ3) is 4.16. The van der Waals surface area contributed by atoms with Gasteiger partial charge in [0.1, 0.15) is 13.7 Å². The first kappa shape index (κ1) is 20.6. The van der Waals surface area contributed by atoms with Gasteiger partial charge in [0.15, 0.2) is 0 Å². The van der Waals surface area contributed by atoms with E-state index in [1.807, 2.05) is 0 Å². The average molecular weight is 393 g/mol. The first-order valence-corrected chi connectivity index (χ1v) is 9.33. The maximum absolute atomic E-state index is 14.2. The molecule has 0 aliphatic carbocycles. The van der Waals surface area contributed by atoms with Gasteiger partial charge in [0.2, 0.25) is 11.8 Å². The van der Waals surface area contributed by atoms with Crippen molar-refractivity contribution in [1.82, 2.24) is 10.2 Å². The van der Waals surface area contributed by atoms with Gasteiger partial charge in [-0.25, -0.2) is 4.39 Å². The highest BCUT2D eigenvalue weighted by Crippen LogP contribution is 2.30. The molecule has 0 fully saturated rings. The largest absolute Gasteiger partial charge is 0.381 e. The molecule has 8 heteroatoms. The minimum Gasteiger partial charge on any atom is -0.381 e. The first-order valence-electron chi connectivity index (χ1n) is 9.33. The van der Waals surface area contributed by atoms with Crippen LogP contribution in [0.25, 0.3) is 0 Å². The van der Waals surface area contributed by atoms with Crippen LogP contribution >= 0.6 is 0 Å². The van der Waals surface area contributed by atoms with Gasteiger partial charge in [0.05, 0.1) is 5.94 Å². The summed E-state index contributed by atoms with van der Waals surface area (Å²) in [6.45, 7) is 3.67. The van der Waals surface area contributed by atoms with Gasteiger partial charge in [-0.1, -0.05) is 31.2 Å². The lowest BCUT2D eigenvalue weighted by molar-refractivity contribution is -0.131. The van der Waals surface area contributed by atoms with E-state index in [0.29, 0.717) is 27.9 Å². The number of rotatable bonds is 6. The molecule has 2 aromatic carbocycles. The monoisotopic (exact) mass is 393 g/mol. The van der Waals surface area contributed by atoms with Crippen LogP contribution in [0.5, 0.6) is 0 Å². The molecule has 29 heavy (non-hydrogen) atoms. The SMILES string of the molecule is [B]C(C(=O)NC(=O)CC)N1Cc2c(NCc3cccc(C)c3F)cccc2C1=O. The second-order valence-corrected chi connectivity index (χ2v) is 6.88. The van der Waals surface area contributed by atoms with Crippen LogP contribution in [-0.2, 0) is 22.7 Å². The summed E-state index contributed by atoms with van der Waals surface area (Å²) >= 11 is 0. The number of benzene rings is 2. The zero-order valence-corrected chi connectivity index (χ0v) is 16.3. The molecule has 148 valence electrons. The van der Waals surface area contributed by atoms with Crippen molar-refractivity contribution in [2.75, 3.05) is 5.32 Å². The maximum Gasteiger partial charge on any atom is 0.254 e. The Labute approximate surface area is 169 Å². The minimum absolute atomic E-state index is 0.114. The first-order chi connectivity index (χ1) is 13.8. The molecule has 3 amide bonds. The minimum atomic E-state index is -1.28. The molecule has 2 N–H and O–H groups in total. The van der Waals surface area contributed by atoms with Crippen LogP contribution in [0.1, 0.15) is 40.4 Å². The second kappa shape index (κ2) is 8.47. The second-order valence-electron chi connectivity index (χ2n) is 6.88. The molecule has 1 heterocycles. The summed E-state index contributed by atoms with van der Waals surface area (Å²) in [6, 6.07) is 10.3. The van der Waals surface area contributed by atoms with Gasteiger partial charge < -0.3 is 10.2 Å². The predicted octanol–water partition coefficient (Wildman–Crippen LogP) is 2.25. The van der Waals surface area contributed by atoms with Crippen molar-refractivity contribution >= 4 is 31.3 Å². The third-order valence-electron chi connectivity index (χ3n) is 4.92. The standard InChI is InChI=1S/C21H21BFN3O3/c1-3-17(27)25-20(28)19(22)26-11-15-14(21(26)29)8-5-9-16(15)24-10-13-7-4-6-12(2)18(13)23/h4-9,19,24H,3,10-11H2,1-2H3,(H,25,27,28). The molecule has 0 spiro atoms. The summed E-state index contributed by atoms with van der Waals surface area (Å²) in [5.41, 5.74) is 2.83. The molecule has 0 saturated carbocycles. The number of halogens is 1. The van der Waals surface area contributed by atoms with Crippen LogP contribution in [0.3, 0.4) is 0 Å². The number of anilines is 1. The number of fused-ring (bicyclic) bond motifs is 1. The van der Waals surface area contributed by atoms with E-state index >= 15 is 0 Å². The van der Waals surface area contributed by atoms with Crippen LogP contribution in [0, 0.1) is 12.7 Å². The lowest BCUT2D eigenvalue weighted by Gasteiger charge is -2.23. The average Bonchev–Trinajstić information content (AvgIpc) is 3.05. The molecular formula is C21H21BFN3O3. The van der Waals surface area contributed by atoms with Crippen LogP contribution < -0.4 is 10.6 Å². The number of nitrogens with one attached hydrogen (secondary N) is 2. The van der Waals surface area contributed by atoms with E-state index in [9.17, 15) is 18.8 Å². The fraction of sp³-hybridized carbons (Fsp3) is 0.286. The Morgan fingerprint density at radius 3 is 2.69 bits per heavy atom. The summed E-state index contributed by atoms with van der Waals surface area (Å²) in [4.78, 5) is 37.5. The Balaban J connectivity index is 1.77. The Morgan fingerprint density at radius 2 is 1.97 bits per heavy atom. The number of carbonyl (C=O) groups is 3. The smallest absolute Gasteiger partial charge is 0.254 e. The van der Waals surface area contributed by atoms with Gasteiger partial charge in [-0.3, -0.25) is 19.7 Å². The van der Waals surface area contributed by atoms with E-state index < -0.39 is 23.7 Å². The van der Waals surface area contributed by atoms with Gasteiger partial charge in [-0.15, -0.1) is 0 Å². The lowest BCUT2D eigenvalue weighted by atomic mass is 9.93. The summed E-state index contributed by atoms with van der Waals surface area (Å²) < 4.78 is 14.2. The van der Waals surface area contributed by atoms with Crippen LogP contribution in [-0.4, -0.2) is 36.4 Å². The van der Waals surface area contributed by atoms with Gasteiger partial charge >= 0.3 is 0 Å². The highest BCUT2D eigenvalue weighted by Gasteiger charge is 2.35. The van der Waals surface area contributed by atoms with E-state index in [1.54, 1.807) is 50.2 Å². The van der Waals surface area contributed by atoms with Crippen molar-refractivity contribution in [1.29, 1.82) is 0 Å². The highest BCUT2D eigenvalue weighted by molar-refractivity contribution is 6.27. The molecule has 0 aromatic heterocycles. The zero-order valence-electron chi connectivity index (χ0n) is 16.3. The zero-order chi connectivity index (χ0) is 21.1. The number of hydrogen-bond donors (Lipinski definition) is 2. The van der Waals surface area contributed by atoms with Crippen molar-refractivity contribution in [3.8, 4) is 0 Å². The maximum atomic E-state index is 14.2. The molecule has 1 aliphatic rings. The van der Waals surface area contributed by atoms with E-state index in [1.165, 1.54) is 4.90 Å². The van der Waals surface area contributed by atoms with Crippen LogP contribution in [0.4, 0.5) is 10.1 Å². The fourth-order valence-electron chi connectivity index (χ4n) is 3.22. The Kier molecular flexibility index (Phi) is 6.01. The molecule has 1 atom stereocenters. The number of nitrogens with zero attached hydrogens (tertiary/aromatic N) is 1. The summed E-state index contributed by atoms with van der Waals surface area (Å²) in [5, 5.41) is 5.34. The molecule has 2 radical (unpaired) electrons. The van der Waals surface area contributed by atoms with Crippen molar-refractivity contribution in [2.45, 2.75) is 39.3 Å². The normalized spacial score (nSPS) is 13.8. The van der Waals surface area contributed by atoms with Crippen molar-refractivity contribution in [3.05, 3.63) is 64.5 Å². The fourth-order valence-corrected chi connectivity index (χ4v) is 3.22. The lowest BCUT2D eigenvalue weighted by Crippen LogP contribution is -2.49. The van der Waals surface area contributed by atoms with E-state index in [4.69, 9.17) is 7.85 Å². The topological polar surface area (TPSA) is 78.5 Å². The number of imide groups is 1. The van der Waals surface area contributed by atoms with E-state index in [0.717, 1.165) is 0 Å². The Morgan fingerprint density at radius 1 is 1.24 bits per heavy atom. The van der Waals surface area contributed by atoms with Crippen molar-refractivity contribution < 1.29 is 18.8 Å². The number of amides is 3. The van der Waals surface area contributed by atoms with E-state index in [-0.39, 0.29) is 25.3 Å². The summed E-state index contributed by atoms with van der Waals surface area (Å²) in [6.07, 6.45) is 0.135. The summed E-state index contributed by atoms with van der Waals surface area (Å²) in [5.74, 6) is -3.14. The number of aryl methyl sites for hydroxylation is 1. The highest BCUT2D eigenvalue weighted by atomic mass is 19.1. The molecule has 0 bridgehead atoms. The van der Waals surface area contributed by atoms with Crippen LogP contribution in [0.2, 0.25) is 0 Å². The number of carbonyl (C=O) groups excluding carboxylic acids is 3. The Bertz CT molecular complexity index is 980. The Hall–Kier alpha value is -3.16. The van der Waals surface area contributed by atoms with Crippen molar-refractivity contribution in [2.24, 2.45) is 0 Å². The molecule has 1 unspecified atom stereocenters. The van der Waals surface area contributed by atoms with Gasteiger partial charge in [0.25, 0.3) is 5.91 Å². The van der Waals surface area contributed by atoms with Crippen LogP contribution in [0.15, 0.2) is 36.4 Å². The van der Waals surface area contributed by atoms with Gasteiger partial charge in [0, 0.05) is 41.9 Å². The molecule has 1 aliphatic heterocycles. The van der Waals surface area contributed by atoms with Gasteiger partial charge in [-0.2, -0.15) is 0 Å². The third-order valence-corrected chi connectivity index (χ3v) is 4.92. The predicted molar refractivity (Wildman–Crippen MR) is 108 cm³/mol. The molecule has 0 saturated heterocycles. The molecule has 3 rings (SSSR count). The quantitative estimate of drug-likeness (QED) is 0.738. The molecule has 2 aromatic rings. The molecule has 6 nitrogen and oxygen atoms in total. The summed E-state index contributed by atoms with van der Waals surface area (Å²) in [7, 11) is 5.92. The number of hydrogen-bond acceptors (Lipinski definition) is 4. The van der Waals surface area contributed by atoms with Crippen molar-refractivity contribution in [3.63, 3.8) is 0 Å². The van der Waals surface area contributed by atoms with E-state index in [2.05, 4.69) is 10.6 Å².